The zero-order valence-corrected chi connectivity index (χ0v) is 11.2. The van der Waals surface area contributed by atoms with Crippen molar-refractivity contribution in [2.75, 3.05) is 26.2 Å². The topological polar surface area (TPSA) is 29.3 Å². The van der Waals surface area contributed by atoms with E-state index in [-0.39, 0.29) is 0 Å². The Hall–Kier alpha value is -0.0800. The molecule has 2 heteroatoms. The van der Waals surface area contributed by atoms with Crippen LogP contribution in [0, 0.1) is 17.3 Å². The Bertz CT molecular complexity index is 236. The number of nitrogens with zero attached hydrogens (tertiary/aromatic N) is 1. The predicted octanol–water partition coefficient (Wildman–Crippen LogP) is 2.63. The van der Waals surface area contributed by atoms with Crippen LogP contribution >= 0.6 is 0 Å². The van der Waals surface area contributed by atoms with Gasteiger partial charge < -0.3 is 10.6 Å². The van der Waals surface area contributed by atoms with Gasteiger partial charge in [-0.05, 0) is 62.3 Å². The molecule has 0 heterocycles. The minimum atomic E-state index is 0.490. The van der Waals surface area contributed by atoms with Crippen molar-refractivity contribution in [3.63, 3.8) is 0 Å². The first-order chi connectivity index (χ1) is 8.30. The van der Waals surface area contributed by atoms with Gasteiger partial charge in [0.05, 0.1) is 0 Å². The molecule has 3 rings (SSSR count). The van der Waals surface area contributed by atoms with Gasteiger partial charge in [-0.1, -0.05) is 12.8 Å². The van der Waals surface area contributed by atoms with Crippen LogP contribution in [0.25, 0.3) is 0 Å². The lowest BCUT2D eigenvalue weighted by atomic mass is 9.85. The van der Waals surface area contributed by atoms with Crippen LogP contribution in [0.2, 0.25) is 0 Å². The second-order valence-electron chi connectivity index (χ2n) is 6.99. The van der Waals surface area contributed by atoms with E-state index < -0.39 is 0 Å². The van der Waals surface area contributed by atoms with Crippen LogP contribution in [0.5, 0.6) is 0 Å². The summed E-state index contributed by atoms with van der Waals surface area (Å²) in [6.07, 6.45) is 11.5. The maximum Gasteiger partial charge on any atom is 0.00503 e. The summed E-state index contributed by atoms with van der Waals surface area (Å²) in [6, 6.07) is 0. The molecule has 3 fully saturated rings. The highest BCUT2D eigenvalue weighted by Crippen LogP contribution is 2.40. The Labute approximate surface area is 106 Å². The molecule has 0 bridgehead atoms. The zero-order chi connectivity index (χ0) is 11.7. The molecule has 0 unspecified atom stereocenters. The maximum atomic E-state index is 6.08. The summed E-state index contributed by atoms with van der Waals surface area (Å²) in [5, 5.41) is 0. The monoisotopic (exact) mass is 236 g/mol. The van der Waals surface area contributed by atoms with Gasteiger partial charge in [-0.15, -0.1) is 0 Å². The van der Waals surface area contributed by atoms with E-state index >= 15 is 0 Å². The van der Waals surface area contributed by atoms with Gasteiger partial charge in [-0.3, -0.25) is 0 Å². The van der Waals surface area contributed by atoms with Gasteiger partial charge in [0.2, 0.25) is 0 Å². The number of nitrogens with two attached hydrogens (primary N) is 1. The van der Waals surface area contributed by atoms with E-state index in [0.717, 1.165) is 18.4 Å². The molecular weight excluding hydrogens is 208 g/mol. The summed E-state index contributed by atoms with van der Waals surface area (Å²) in [6.45, 7) is 4.96. The largest absolute Gasteiger partial charge is 0.330 e. The molecule has 0 aromatic heterocycles. The molecule has 2 nitrogen and oxygen atoms in total. The molecule has 3 saturated carbocycles. The summed E-state index contributed by atoms with van der Waals surface area (Å²) in [5.74, 6) is 2.06. The van der Waals surface area contributed by atoms with E-state index in [9.17, 15) is 0 Å². The molecule has 0 radical (unpaired) electrons. The minimum absolute atomic E-state index is 0.490. The van der Waals surface area contributed by atoms with Gasteiger partial charge in [0, 0.05) is 19.6 Å². The SMILES string of the molecule is NCC1(CN(CC2CC2)CC2CC2)CCCC1. The number of hydrogen-bond donors (Lipinski definition) is 1. The Morgan fingerprint density at radius 3 is 1.88 bits per heavy atom. The third-order valence-electron chi connectivity index (χ3n) is 5.08. The van der Waals surface area contributed by atoms with E-state index in [1.165, 1.54) is 71.0 Å². The van der Waals surface area contributed by atoms with Crippen molar-refractivity contribution < 1.29 is 0 Å². The molecule has 3 aliphatic carbocycles. The van der Waals surface area contributed by atoms with Gasteiger partial charge in [-0.2, -0.15) is 0 Å². The first-order valence-corrected chi connectivity index (χ1v) is 7.72. The zero-order valence-electron chi connectivity index (χ0n) is 11.2. The highest BCUT2D eigenvalue weighted by atomic mass is 15.1. The summed E-state index contributed by atoms with van der Waals surface area (Å²) < 4.78 is 0. The summed E-state index contributed by atoms with van der Waals surface area (Å²) in [7, 11) is 0. The smallest absolute Gasteiger partial charge is 0.00503 e. The van der Waals surface area contributed by atoms with Crippen LogP contribution < -0.4 is 5.73 Å². The van der Waals surface area contributed by atoms with Crippen LogP contribution in [0.1, 0.15) is 51.4 Å². The molecule has 0 aromatic carbocycles. The lowest BCUT2D eigenvalue weighted by Gasteiger charge is -2.34. The molecule has 0 atom stereocenters. The van der Waals surface area contributed by atoms with Crippen molar-refractivity contribution in [3.8, 4) is 0 Å². The van der Waals surface area contributed by atoms with Crippen molar-refractivity contribution in [1.82, 2.24) is 4.90 Å². The van der Waals surface area contributed by atoms with Gasteiger partial charge in [0.15, 0.2) is 0 Å². The van der Waals surface area contributed by atoms with Crippen LogP contribution in [0.4, 0.5) is 0 Å². The Kier molecular flexibility index (Phi) is 3.45. The third-order valence-corrected chi connectivity index (χ3v) is 5.08. The molecule has 0 aromatic rings. The normalized spacial score (nSPS) is 27.9. The molecule has 2 N–H and O–H groups in total. The molecule has 0 spiro atoms. The number of hydrogen-bond acceptors (Lipinski definition) is 2. The molecular formula is C15H28N2. The van der Waals surface area contributed by atoms with E-state index in [2.05, 4.69) is 4.90 Å². The maximum absolute atomic E-state index is 6.08. The van der Waals surface area contributed by atoms with Gasteiger partial charge in [0.25, 0.3) is 0 Å². The van der Waals surface area contributed by atoms with Gasteiger partial charge >= 0.3 is 0 Å². The van der Waals surface area contributed by atoms with Gasteiger partial charge in [0.1, 0.15) is 0 Å². The fourth-order valence-electron chi connectivity index (χ4n) is 3.56. The standard InChI is InChI=1S/C15H28N2/c16-11-15(7-1-2-8-15)12-17(9-13-3-4-13)10-14-5-6-14/h13-14H,1-12,16H2. The second kappa shape index (κ2) is 4.89. The Morgan fingerprint density at radius 2 is 1.47 bits per heavy atom. The van der Waals surface area contributed by atoms with E-state index in [0.29, 0.717) is 5.41 Å². The summed E-state index contributed by atoms with van der Waals surface area (Å²) in [5.41, 5.74) is 6.57. The van der Waals surface area contributed by atoms with Crippen LogP contribution in [-0.2, 0) is 0 Å². The van der Waals surface area contributed by atoms with Crippen LogP contribution in [0.15, 0.2) is 0 Å². The minimum Gasteiger partial charge on any atom is -0.330 e. The fourth-order valence-corrected chi connectivity index (χ4v) is 3.56. The van der Waals surface area contributed by atoms with Crippen LogP contribution in [0.3, 0.4) is 0 Å². The van der Waals surface area contributed by atoms with Crippen molar-refractivity contribution in [2.24, 2.45) is 23.0 Å². The number of rotatable bonds is 7. The molecule has 0 saturated heterocycles. The van der Waals surface area contributed by atoms with Crippen LogP contribution in [-0.4, -0.2) is 31.1 Å². The fraction of sp³-hybridized carbons (Fsp3) is 1.00. The third kappa shape index (κ3) is 3.23. The summed E-state index contributed by atoms with van der Waals surface area (Å²) in [4.78, 5) is 2.79. The predicted molar refractivity (Wildman–Crippen MR) is 71.8 cm³/mol. The Morgan fingerprint density at radius 1 is 0.941 bits per heavy atom. The molecule has 3 aliphatic rings. The average Bonchev–Trinajstić information content (AvgIpc) is 3.23. The molecule has 0 aliphatic heterocycles. The quantitative estimate of drug-likeness (QED) is 0.736. The first-order valence-electron chi connectivity index (χ1n) is 7.72. The van der Waals surface area contributed by atoms with Crippen molar-refractivity contribution in [3.05, 3.63) is 0 Å². The molecule has 17 heavy (non-hydrogen) atoms. The summed E-state index contributed by atoms with van der Waals surface area (Å²) >= 11 is 0. The lowest BCUT2D eigenvalue weighted by molar-refractivity contribution is 0.147. The van der Waals surface area contributed by atoms with E-state index in [1.807, 2.05) is 0 Å². The Balaban J connectivity index is 1.56. The van der Waals surface area contributed by atoms with Crippen molar-refractivity contribution in [1.29, 1.82) is 0 Å². The molecule has 98 valence electrons. The van der Waals surface area contributed by atoms with E-state index in [1.54, 1.807) is 0 Å². The highest BCUT2D eigenvalue weighted by Gasteiger charge is 2.37. The highest BCUT2D eigenvalue weighted by molar-refractivity contribution is 4.91. The molecule has 0 amide bonds. The van der Waals surface area contributed by atoms with Gasteiger partial charge in [-0.25, -0.2) is 0 Å². The van der Waals surface area contributed by atoms with Crippen molar-refractivity contribution in [2.45, 2.75) is 51.4 Å². The lowest BCUT2D eigenvalue weighted by Crippen LogP contribution is -2.42. The van der Waals surface area contributed by atoms with Crippen molar-refractivity contribution >= 4 is 0 Å². The average molecular weight is 236 g/mol. The van der Waals surface area contributed by atoms with E-state index in [4.69, 9.17) is 5.73 Å². The first kappa shape index (κ1) is 12.0. The second-order valence-corrected chi connectivity index (χ2v) is 6.99.